The summed E-state index contributed by atoms with van der Waals surface area (Å²) in [4.78, 5) is 0. The Morgan fingerprint density at radius 3 is 1.02 bits per heavy atom. The quantitative estimate of drug-likeness (QED) is 0.172. The molecule has 0 saturated heterocycles. The lowest BCUT2D eigenvalue weighted by atomic mass is 10.0. The smallest absolute Gasteiger partial charge is 0.0547 e. The minimum atomic E-state index is 1.18. The molecule has 0 aliphatic rings. The Hall–Kier alpha value is -5.08. The van der Waals surface area contributed by atoms with Crippen molar-refractivity contribution in [3.63, 3.8) is 0 Å². The third-order valence-corrected chi connectivity index (χ3v) is 7.71. The van der Waals surface area contributed by atoms with Crippen LogP contribution in [0.4, 0.5) is 0 Å². The molecule has 0 amide bonds. The predicted molar refractivity (Wildman–Crippen MR) is 251 cm³/mol. The van der Waals surface area contributed by atoms with Gasteiger partial charge in [-0.3, -0.25) is 0 Å². The van der Waals surface area contributed by atoms with E-state index in [2.05, 4.69) is 155 Å². The van der Waals surface area contributed by atoms with E-state index < -0.39 is 0 Å². The maximum Gasteiger partial charge on any atom is 0.0547 e. The molecule has 8 rings (SSSR count). The largest absolute Gasteiger partial charge is 0.309 e. The zero-order valence-corrected chi connectivity index (χ0v) is 36.8. The van der Waals surface area contributed by atoms with Gasteiger partial charge < -0.3 is 9.13 Å². The first-order valence-electron chi connectivity index (χ1n) is 21.0. The number of hydrogen-bond acceptors (Lipinski definition) is 0. The Balaban J connectivity index is 0.00000157. The molecule has 54 heavy (non-hydrogen) atoms. The average Bonchev–Trinajstić information content (AvgIpc) is 3.82. The molecule has 0 aliphatic carbocycles. The van der Waals surface area contributed by atoms with Crippen molar-refractivity contribution >= 4 is 43.6 Å². The molecule has 0 unspecified atom stereocenters. The fourth-order valence-corrected chi connectivity index (χ4v) is 6.01. The summed E-state index contributed by atoms with van der Waals surface area (Å²) in [5.74, 6) is 0. The van der Waals surface area contributed by atoms with Crippen LogP contribution >= 0.6 is 0 Å². The monoisotopic (exact) mass is 725 g/mol. The third kappa shape index (κ3) is 11.0. The maximum atomic E-state index is 2.38. The Labute approximate surface area is 330 Å². The highest BCUT2D eigenvalue weighted by atomic mass is 15.0. The van der Waals surface area contributed by atoms with Crippen molar-refractivity contribution in [3.05, 3.63) is 146 Å². The molecule has 2 nitrogen and oxygen atoms in total. The number of aromatic nitrogens is 2. The van der Waals surface area contributed by atoms with Crippen molar-refractivity contribution in [1.29, 1.82) is 0 Å². The normalized spacial score (nSPS) is 9.11. The molecule has 0 radical (unpaired) electrons. The van der Waals surface area contributed by atoms with Gasteiger partial charge in [0, 0.05) is 32.9 Å². The number of hydrogen-bond donors (Lipinski definition) is 0. The molecule has 0 aliphatic heterocycles. The molecule has 290 valence electrons. The fraction of sp³-hybridized carbons (Fsp3) is 0.308. The van der Waals surface area contributed by atoms with Gasteiger partial charge in [-0.15, -0.1) is 0 Å². The van der Waals surface area contributed by atoms with E-state index in [9.17, 15) is 0 Å². The van der Waals surface area contributed by atoms with Crippen LogP contribution in [0.2, 0.25) is 0 Å². The Bertz CT molecular complexity index is 2110. The van der Waals surface area contributed by atoms with Crippen molar-refractivity contribution in [2.45, 2.75) is 111 Å². The Morgan fingerprint density at radius 1 is 0.241 bits per heavy atom. The van der Waals surface area contributed by atoms with Crippen LogP contribution in [0.25, 0.3) is 66.1 Å². The number of nitrogens with zero attached hydrogens (tertiary/aromatic N) is 2. The van der Waals surface area contributed by atoms with Crippen LogP contribution in [0, 0.1) is 0 Å². The van der Waals surface area contributed by atoms with Crippen molar-refractivity contribution in [1.82, 2.24) is 9.13 Å². The number of rotatable bonds is 3. The van der Waals surface area contributed by atoms with Gasteiger partial charge >= 0.3 is 0 Å². The molecule has 6 aromatic carbocycles. The summed E-state index contributed by atoms with van der Waals surface area (Å²) in [6.07, 6.45) is 0. The van der Waals surface area contributed by atoms with Crippen molar-refractivity contribution in [3.8, 4) is 22.5 Å². The molecule has 0 bridgehead atoms. The van der Waals surface area contributed by atoms with E-state index in [4.69, 9.17) is 0 Å². The van der Waals surface area contributed by atoms with Crippen LogP contribution in [0.15, 0.2) is 146 Å². The van der Waals surface area contributed by atoms with E-state index in [0.717, 1.165) is 0 Å². The second-order valence-corrected chi connectivity index (χ2v) is 9.84. The topological polar surface area (TPSA) is 9.86 Å². The van der Waals surface area contributed by atoms with E-state index in [1.54, 1.807) is 0 Å². The molecule has 0 fully saturated rings. The van der Waals surface area contributed by atoms with Gasteiger partial charge in [0.1, 0.15) is 0 Å². The average molecular weight is 725 g/mol. The summed E-state index contributed by atoms with van der Waals surface area (Å²) in [5.41, 5.74) is 9.70. The Kier molecular flexibility index (Phi) is 25.8. The summed E-state index contributed by atoms with van der Waals surface area (Å²) in [5, 5.41) is 5.09. The zero-order chi connectivity index (χ0) is 41.1. The Morgan fingerprint density at radius 2 is 0.556 bits per heavy atom. The van der Waals surface area contributed by atoms with Crippen LogP contribution in [-0.2, 0) is 0 Å². The molecule has 8 aromatic rings. The fourth-order valence-electron chi connectivity index (χ4n) is 6.01. The van der Waals surface area contributed by atoms with Gasteiger partial charge in [0.05, 0.1) is 22.1 Å². The first kappa shape index (κ1) is 48.9. The zero-order valence-electron chi connectivity index (χ0n) is 36.8. The van der Waals surface area contributed by atoms with Crippen LogP contribution < -0.4 is 0 Å². The highest BCUT2D eigenvalue weighted by Crippen LogP contribution is 2.38. The van der Waals surface area contributed by atoms with Crippen LogP contribution in [-0.4, -0.2) is 9.13 Å². The van der Waals surface area contributed by atoms with Crippen molar-refractivity contribution in [2.75, 3.05) is 0 Å². The summed E-state index contributed by atoms with van der Waals surface area (Å²) in [7, 11) is 0. The minimum absolute atomic E-state index is 1.18. The van der Waals surface area contributed by atoms with Gasteiger partial charge in [0.2, 0.25) is 0 Å². The van der Waals surface area contributed by atoms with Crippen LogP contribution in [0.5, 0.6) is 0 Å². The van der Waals surface area contributed by atoms with Crippen LogP contribution in [0.3, 0.4) is 0 Å². The van der Waals surface area contributed by atoms with Gasteiger partial charge in [0.15, 0.2) is 0 Å². The maximum absolute atomic E-state index is 2.38. The molecule has 0 spiro atoms. The molecule has 0 saturated carbocycles. The van der Waals surface area contributed by atoms with Crippen molar-refractivity contribution in [2.24, 2.45) is 0 Å². The number of para-hydroxylation sites is 4. The van der Waals surface area contributed by atoms with Gasteiger partial charge in [0.25, 0.3) is 0 Å². The molecule has 0 N–H and O–H groups in total. The first-order valence-corrected chi connectivity index (χ1v) is 21.0. The summed E-state index contributed by atoms with van der Waals surface area (Å²) < 4.78 is 4.75. The predicted octanol–water partition coefficient (Wildman–Crippen LogP) is 17.8. The summed E-state index contributed by atoms with van der Waals surface area (Å²) in [6.45, 7) is 32.0. The van der Waals surface area contributed by atoms with Gasteiger partial charge in [-0.2, -0.15) is 0 Å². The first-order chi connectivity index (χ1) is 26.9. The number of fused-ring (bicyclic) bond motifs is 6. The van der Waals surface area contributed by atoms with Crippen LogP contribution in [0.1, 0.15) is 111 Å². The summed E-state index contributed by atoms with van der Waals surface area (Å²) in [6, 6.07) is 52.5. The minimum Gasteiger partial charge on any atom is -0.309 e. The summed E-state index contributed by atoms with van der Waals surface area (Å²) >= 11 is 0. The molecular weight excluding hydrogens is 653 g/mol. The van der Waals surface area contributed by atoms with Crippen molar-refractivity contribution < 1.29 is 0 Å². The molecule has 2 heterocycles. The SMILES string of the molecule is CC.CC.CC.CC.CC.CC.CC.CC.c1ccc(-n2c3ccccc3c3cc(-c4ccc5c6ccccc6n(-c6ccccc6)c5c4)ccc32)cc1. The molecule has 0 atom stereocenters. The van der Waals surface area contributed by atoms with Gasteiger partial charge in [-0.05, 0) is 65.7 Å². The van der Waals surface area contributed by atoms with Gasteiger partial charge in [-0.25, -0.2) is 0 Å². The van der Waals surface area contributed by atoms with E-state index in [1.807, 2.05) is 111 Å². The van der Waals surface area contributed by atoms with E-state index >= 15 is 0 Å². The third-order valence-electron chi connectivity index (χ3n) is 7.71. The lowest BCUT2D eigenvalue weighted by Crippen LogP contribution is -1.93. The highest BCUT2D eigenvalue weighted by molar-refractivity contribution is 6.12. The van der Waals surface area contributed by atoms with E-state index in [-0.39, 0.29) is 0 Å². The standard InChI is InChI=1S/C36H24N2.8C2H6/c1-3-11-27(12-4-1)37-34-18-10-8-16-30(34)32-23-25(20-22-35(32)37)26-19-21-31-29-15-7-9-17-33(29)38(36(31)24-26)28-13-5-2-6-14-28;8*1-2/h1-24H;8*1-2H3. The molecule has 2 aromatic heterocycles. The van der Waals surface area contributed by atoms with E-state index in [0.29, 0.717) is 0 Å². The second kappa shape index (κ2) is 28.4. The lowest BCUT2D eigenvalue weighted by Gasteiger charge is -2.10. The molecular formula is C52H72N2. The second-order valence-electron chi connectivity index (χ2n) is 9.84. The van der Waals surface area contributed by atoms with Gasteiger partial charge in [-0.1, -0.05) is 202 Å². The van der Waals surface area contributed by atoms with E-state index in [1.165, 1.54) is 66.1 Å². The molecule has 2 heteroatoms. The number of benzene rings is 6. The lowest BCUT2D eigenvalue weighted by molar-refractivity contribution is 1.18. The highest BCUT2D eigenvalue weighted by Gasteiger charge is 2.15.